The molecule has 4 nitrogen and oxygen atoms in total. The molecule has 0 aliphatic carbocycles. The standard InChI is InChI=1S/C16H22N2O2/c1-2-12-6-8-13(9-7-12)15(19)11-18-10-4-3-5-14(18)16(17)20/h6-9,14H,2-5,10-11H2,1H3,(H2,17,20). The molecule has 1 amide bonds. The maximum Gasteiger partial charge on any atom is 0.234 e. The molecule has 108 valence electrons. The number of hydrogen-bond donors (Lipinski definition) is 1. The number of rotatable bonds is 5. The lowest BCUT2D eigenvalue weighted by atomic mass is 10.00. The summed E-state index contributed by atoms with van der Waals surface area (Å²) in [6, 6.07) is 7.40. The molecule has 1 aromatic carbocycles. The molecule has 1 fully saturated rings. The van der Waals surface area contributed by atoms with E-state index in [1.807, 2.05) is 29.2 Å². The Morgan fingerprint density at radius 2 is 1.95 bits per heavy atom. The van der Waals surface area contributed by atoms with E-state index in [9.17, 15) is 9.59 Å². The number of nitrogens with zero attached hydrogens (tertiary/aromatic N) is 1. The van der Waals surface area contributed by atoms with Gasteiger partial charge in [-0.15, -0.1) is 0 Å². The predicted molar refractivity (Wildman–Crippen MR) is 78.6 cm³/mol. The summed E-state index contributed by atoms with van der Waals surface area (Å²) < 4.78 is 0. The van der Waals surface area contributed by atoms with Crippen LogP contribution in [0.2, 0.25) is 0 Å². The van der Waals surface area contributed by atoms with Crippen molar-refractivity contribution in [3.63, 3.8) is 0 Å². The first-order valence-electron chi connectivity index (χ1n) is 7.27. The topological polar surface area (TPSA) is 63.4 Å². The predicted octanol–water partition coefficient (Wildman–Crippen LogP) is 1.77. The normalized spacial score (nSPS) is 19.8. The van der Waals surface area contributed by atoms with Crippen molar-refractivity contribution in [1.82, 2.24) is 4.90 Å². The number of primary amides is 1. The van der Waals surface area contributed by atoms with Crippen molar-refractivity contribution in [2.75, 3.05) is 13.1 Å². The van der Waals surface area contributed by atoms with Gasteiger partial charge in [0.05, 0.1) is 12.6 Å². The molecule has 1 heterocycles. The van der Waals surface area contributed by atoms with Gasteiger partial charge in [0.2, 0.25) is 5.91 Å². The molecular formula is C16H22N2O2. The van der Waals surface area contributed by atoms with E-state index in [1.165, 1.54) is 5.56 Å². The summed E-state index contributed by atoms with van der Waals surface area (Å²) in [6.07, 6.45) is 3.75. The van der Waals surface area contributed by atoms with Crippen molar-refractivity contribution in [1.29, 1.82) is 0 Å². The minimum atomic E-state index is -0.321. The molecule has 0 bridgehead atoms. The summed E-state index contributed by atoms with van der Waals surface area (Å²) in [6.45, 7) is 3.13. The summed E-state index contributed by atoms with van der Waals surface area (Å²) in [5.41, 5.74) is 7.34. The van der Waals surface area contributed by atoms with E-state index < -0.39 is 0 Å². The third-order valence-electron chi connectivity index (χ3n) is 3.97. The summed E-state index contributed by atoms with van der Waals surface area (Å²) in [5, 5.41) is 0. The highest BCUT2D eigenvalue weighted by molar-refractivity contribution is 5.98. The van der Waals surface area contributed by atoms with Gasteiger partial charge < -0.3 is 5.73 Å². The Bertz CT molecular complexity index is 482. The fourth-order valence-corrected chi connectivity index (χ4v) is 2.70. The van der Waals surface area contributed by atoms with Gasteiger partial charge in [0.1, 0.15) is 0 Å². The molecule has 1 saturated heterocycles. The molecule has 1 unspecified atom stereocenters. The molecule has 0 radical (unpaired) electrons. The number of ketones is 1. The third kappa shape index (κ3) is 3.45. The minimum absolute atomic E-state index is 0.0563. The molecule has 2 rings (SSSR count). The van der Waals surface area contributed by atoms with Gasteiger partial charge in [0.25, 0.3) is 0 Å². The molecule has 0 aromatic heterocycles. The average Bonchev–Trinajstić information content (AvgIpc) is 2.47. The van der Waals surface area contributed by atoms with Gasteiger partial charge in [-0.25, -0.2) is 0 Å². The molecule has 2 N–H and O–H groups in total. The van der Waals surface area contributed by atoms with E-state index in [0.29, 0.717) is 5.56 Å². The van der Waals surface area contributed by atoms with E-state index in [-0.39, 0.29) is 24.3 Å². The quantitative estimate of drug-likeness (QED) is 0.832. The van der Waals surface area contributed by atoms with Gasteiger partial charge in [-0.1, -0.05) is 37.6 Å². The Hall–Kier alpha value is -1.68. The summed E-state index contributed by atoms with van der Waals surface area (Å²) >= 11 is 0. The number of piperidine rings is 1. The Morgan fingerprint density at radius 1 is 1.25 bits per heavy atom. The average molecular weight is 274 g/mol. The van der Waals surface area contributed by atoms with E-state index in [4.69, 9.17) is 5.73 Å². The zero-order chi connectivity index (χ0) is 14.5. The van der Waals surface area contributed by atoms with Crippen LogP contribution in [0.1, 0.15) is 42.1 Å². The second-order valence-corrected chi connectivity index (χ2v) is 5.36. The minimum Gasteiger partial charge on any atom is -0.368 e. The maximum atomic E-state index is 12.3. The van der Waals surface area contributed by atoms with E-state index in [2.05, 4.69) is 6.92 Å². The highest BCUT2D eigenvalue weighted by atomic mass is 16.1. The maximum absolute atomic E-state index is 12.3. The van der Waals surface area contributed by atoms with Crippen LogP contribution in [0.3, 0.4) is 0 Å². The monoisotopic (exact) mass is 274 g/mol. The summed E-state index contributed by atoms with van der Waals surface area (Å²) in [5.74, 6) is -0.264. The van der Waals surface area contributed by atoms with Crippen LogP contribution in [0, 0.1) is 0 Å². The zero-order valence-electron chi connectivity index (χ0n) is 12.0. The van der Waals surface area contributed by atoms with Crippen molar-refractivity contribution in [2.45, 2.75) is 38.6 Å². The van der Waals surface area contributed by atoms with E-state index in [1.54, 1.807) is 0 Å². The van der Waals surface area contributed by atoms with Crippen LogP contribution < -0.4 is 5.73 Å². The lowest BCUT2D eigenvalue weighted by Crippen LogP contribution is -2.49. The number of hydrogen-bond acceptors (Lipinski definition) is 3. The van der Waals surface area contributed by atoms with Crippen molar-refractivity contribution in [2.24, 2.45) is 5.73 Å². The smallest absolute Gasteiger partial charge is 0.234 e. The number of likely N-dealkylation sites (tertiary alicyclic amines) is 1. The van der Waals surface area contributed by atoms with Gasteiger partial charge in [-0.3, -0.25) is 14.5 Å². The second-order valence-electron chi connectivity index (χ2n) is 5.36. The molecule has 1 aliphatic heterocycles. The number of Topliss-reactive ketones (excluding diaryl/α,β-unsaturated/α-hetero) is 1. The van der Waals surface area contributed by atoms with Crippen molar-refractivity contribution in [3.05, 3.63) is 35.4 Å². The summed E-state index contributed by atoms with van der Waals surface area (Å²) in [7, 11) is 0. The second kappa shape index (κ2) is 6.66. The number of carbonyl (C=O) groups is 2. The van der Waals surface area contributed by atoms with Gasteiger partial charge in [-0.2, -0.15) is 0 Å². The zero-order valence-corrected chi connectivity index (χ0v) is 12.0. The molecule has 1 atom stereocenters. The van der Waals surface area contributed by atoms with Crippen LogP contribution in [0.4, 0.5) is 0 Å². The third-order valence-corrected chi connectivity index (χ3v) is 3.97. The lowest BCUT2D eigenvalue weighted by molar-refractivity contribution is -0.124. The van der Waals surface area contributed by atoms with Gasteiger partial charge in [0, 0.05) is 5.56 Å². The lowest BCUT2D eigenvalue weighted by Gasteiger charge is -2.32. The highest BCUT2D eigenvalue weighted by Gasteiger charge is 2.28. The molecule has 4 heteroatoms. The first-order valence-corrected chi connectivity index (χ1v) is 7.27. The van der Waals surface area contributed by atoms with Crippen LogP contribution in [-0.2, 0) is 11.2 Å². The van der Waals surface area contributed by atoms with Crippen LogP contribution in [0.25, 0.3) is 0 Å². The molecular weight excluding hydrogens is 252 g/mol. The van der Waals surface area contributed by atoms with Crippen molar-refractivity contribution >= 4 is 11.7 Å². The molecule has 20 heavy (non-hydrogen) atoms. The molecule has 0 saturated carbocycles. The van der Waals surface area contributed by atoms with Crippen LogP contribution in [0.5, 0.6) is 0 Å². The van der Waals surface area contributed by atoms with Crippen LogP contribution in [0.15, 0.2) is 24.3 Å². The highest BCUT2D eigenvalue weighted by Crippen LogP contribution is 2.17. The molecule has 1 aromatic rings. The Morgan fingerprint density at radius 3 is 2.55 bits per heavy atom. The van der Waals surface area contributed by atoms with Crippen molar-refractivity contribution < 1.29 is 9.59 Å². The first-order chi connectivity index (χ1) is 9.61. The Balaban J connectivity index is 2.03. The SMILES string of the molecule is CCc1ccc(C(=O)CN2CCCCC2C(N)=O)cc1. The van der Waals surface area contributed by atoms with E-state index in [0.717, 1.165) is 32.2 Å². The van der Waals surface area contributed by atoms with Gasteiger partial charge in [0.15, 0.2) is 5.78 Å². The fourth-order valence-electron chi connectivity index (χ4n) is 2.70. The molecule has 1 aliphatic rings. The largest absolute Gasteiger partial charge is 0.368 e. The molecule has 0 spiro atoms. The number of carbonyl (C=O) groups excluding carboxylic acids is 2. The van der Waals surface area contributed by atoms with Crippen LogP contribution in [-0.4, -0.2) is 35.7 Å². The number of amides is 1. The number of benzene rings is 1. The van der Waals surface area contributed by atoms with Gasteiger partial charge in [-0.05, 0) is 31.4 Å². The van der Waals surface area contributed by atoms with E-state index >= 15 is 0 Å². The Labute approximate surface area is 119 Å². The van der Waals surface area contributed by atoms with Gasteiger partial charge >= 0.3 is 0 Å². The number of nitrogens with two attached hydrogens (primary N) is 1. The first kappa shape index (κ1) is 14.7. The van der Waals surface area contributed by atoms with Crippen LogP contribution >= 0.6 is 0 Å². The summed E-state index contributed by atoms with van der Waals surface area (Å²) in [4.78, 5) is 25.6. The number of aryl methyl sites for hydroxylation is 1. The Kier molecular flexibility index (Phi) is 4.90. The fraction of sp³-hybridized carbons (Fsp3) is 0.500. The van der Waals surface area contributed by atoms with Crippen molar-refractivity contribution in [3.8, 4) is 0 Å².